The molecule has 1 aromatic rings. The van der Waals surface area contributed by atoms with Crippen LogP contribution in [-0.4, -0.2) is 19.1 Å². The molecule has 0 aliphatic heterocycles. The number of benzene rings is 1. The summed E-state index contributed by atoms with van der Waals surface area (Å²) < 4.78 is 18.5. The molecule has 0 heterocycles. The first-order valence-electron chi connectivity index (χ1n) is 6.22. The zero-order chi connectivity index (χ0) is 14.1. The maximum Gasteiger partial charge on any atom is 0.305 e. The van der Waals surface area contributed by atoms with E-state index in [0.29, 0.717) is 38.1 Å². The molecule has 1 N–H and O–H groups in total. The fourth-order valence-corrected chi connectivity index (χ4v) is 1.62. The SMILES string of the molecule is CCOC(=O)CCCNCc1cccc(C#N)c1F. The van der Waals surface area contributed by atoms with Crippen molar-refractivity contribution in [3.05, 3.63) is 35.1 Å². The molecule has 0 spiro atoms. The van der Waals surface area contributed by atoms with Crippen LogP contribution in [0.15, 0.2) is 18.2 Å². The molecule has 0 amide bonds. The molecule has 0 unspecified atom stereocenters. The first-order chi connectivity index (χ1) is 9.19. The molecule has 4 nitrogen and oxygen atoms in total. The van der Waals surface area contributed by atoms with Crippen LogP contribution in [-0.2, 0) is 16.1 Å². The lowest BCUT2D eigenvalue weighted by Gasteiger charge is -2.06. The Labute approximate surface area is 112 Å². The normalized spacial score (nSPS) is 9.95. The Morgan fingerprint density at radius 3 is 3.00 bits per heavy atom. The third-order valence-corrected chi connectivity index (χ3v) is 2.55. The largest absolute Gasteiger partial charge is 0.466 e. The van der Waals surface area contributed by atoms with E-state index in [0.717, 1.165) is 0 Å². The Morgan fingerprint density at radius 1 is 1.53 bits per heavy atom. The van der Waals surface area contributed by atoms with E-state index in [1.165, 1.54) is 6.07 Å². The molecule has 0 radical (unpaired) electrons. The van der Waals surface area contributed by atoms with Crippen LogP contribution >= 0.6 is 0 Å². The van der Waals surface area contributed by atoms with Crippen molar-refractivity contribution in [2.24, 2.45) is 0 Å². The number of nitrogens with one attached hydrogen (secondary N) is 1. The summed E-state index contributed by atoms with van der Waals surface area (Å²) in [4.78, 5) is 11.1. The minimum atomic E-state index is -0.483. The smallest absolute Gasteiger partial charge is 0.305 e. The van der Waals surface area contributed by atoms with Crippen LogP contribution < -0.4 is 5.32 Å². The standard InChI is InChI=1S/C14H17FN2O2/c1-2-19-13(18)7-4-8-17-10-12-6-3-5-11(9-16)14(12)15/h3,5-6,17H,2,4,7-8,10H2,1H3. The lowest BCUT2D eigenvalue weighted by atomic mass is 10.1. The zero-order valence-electron chi connectivity index (χ0n) is 10.9. The Morgan fingerprint density at radius 2 is 2.32 bits per heavy atom. The van der Waals surface area contributed by atoms with Crippen molar-refractivity contribution >= 4 is 5.97 Å². The van der Waals surface area contributed by atoms with Gasteiger partial charge in [0.15, 0.2) is 0 Å². The topological polar surface area (TPSA) is 62.1 Å². The molecule has 1 rings (SSSR count). The molecule has 0 aliphatic rings. The van der Waals surface area contributed by atoms with E-state index in [1.54, 1.807) is 25.1 Å². The number of halogens is 1. The lowest BCUT2D eigenvalue weighted by molar-refractivity contribution is -0.143. The molecular formula is C14H17FN2O2. The van der Waals surface area contributed by atoms with Crippen molar-refractivity contribution < 1.29 is 13.9 Å². The number of esters is 1. The van der Waals surface area contributed by atoms with E-state index in [4.69, 9.17) is 10.00 Å². The van der Waals surface area contributed by atoms with Crippen LogP contribution in [0.25, 0.3) is 0 Å². The first kappa shape index (κ1) is 15.1. The van der Waals surface area contributed by atoms with Gasteiger partial charge in [-0.1, -0.05) is 12.1 Å². The number of ether oxygens (including phenoxy) is 1. The third-order valence-electron chi connectivity index (χ3n) is 2.55. The molecule has 0 aliphatic carbocycles. The third kappa shape index (κ3) is 5.06. The van der Waals surface area contributed by atoms with Crippen LogP contribution in [0.5, 0.6) is 0 Å². The number of carbonyl (C=O) groups excluding carboxylic acids is 1. The maximum absolute atomic E-state index is 13.7. The number of rotatable bonds is 7. The summed E-state index contributed by atoms with van der Waals surface area (Å²) in [5.41, 5.74) is 0.501. The summed E-state index contributed by atoms with van der Waals surface area (Å²) in [6.45, 7) is 3.08. The number of nitrogens with zero attached hydrogens (tertiary/aromatic N) is 1. The van der Waals surface area contributed by atoms with Crippen molar-refractivity contribution in [3.63, 3.8) is 0 Å². The second-order valence-electron chi connectivity index (χ2n) is 3.98. The highest BCUT2D eigenvalue weighted by atomic mass is 19.1. The van der Waals surface area contributed by atoms with Gasteiger partial charge < -0.3 is 10.1 Å². The molecule has 102 valence electrons. The molecule has 1 aromatic carbocycles. The average molecular weight is 264 g/mol. The molecule has 0 atom stereocenters. The second-order valence-corrected chi connectivity index (χ2v) is 3.98. The van der Waals surface area contributed by atoms with Crippen LogP contribution in [0.2, 0.25) is 0 Å². The minimum Gasteiger partial charge on any atom is -0.466 e. The molecular weight excluding hydrogens is 247 g/mol. The maximum atomic E-state index is 13.7. The number of carbonyl (C=O) groups is 1. The summed E-state index contributed by atoms with van der Waals surface area (Å²) in [5, 5.41) is 11.7. The van der Waals surface area contributed by atoms with E-state index in [2.05, 4.69) is 5.32 Å². The highest BCUT2D eigenvalue weighted by molar-refractivity contribution is 5.69. The summed E-state index contributed by atoms with van der Waals surface area (Å²) in [7, 11) is 0. The molecule has 19 heavy (non-hydrogen) atoms. The predicted octanol–water partition coefficient (Wildman–Crippen LogP) is 2.13. The van der Waals surface area contributed by atoms with Gasteiger partial charge in [0.2, 0.25) is 0 Å². The molecule has 0 bridgehead atoms. The molecule has 0 saturated heterocycles. The minimum absolute atomic E-state index is 0.0471. The lowest BCUT2D eigenvalue weighted by Crippen LogP contribution is -2.17. The summed E-state index contributed by atoms with van der Waals surface area (Å²) >= 11 is 0. The quantitative estimate of drug-likeness (QED) is 0.605. The van der Waals surface area contributed by atoms with Gasteiger partial charge in [0.25, 0.3) is 0 Å². The van der Waals surface area contributed by atoms with Gasteiger partial charge in [-0.05, 0) is 26.0 Å². The highest BCUT2D eigenvalue weighted by Gasteiger charge is 2.07. The number of hydrogen-bond acceptors (Lipinski definition) is 4. The Kier molecular flexibility index (Phi) is 6.55. The van der Waals surface area contributed by atoms with E-state index in [-0.39, 0.29) is 11.5 Å². The number of hydrogen-bond donors (Lipinski definition) is 1. The van der Waals surface area contributed by atoms with Gasteiger partial charge in [0.05, 0.1) is 12.2 Å². The molecule has 0 fully saturated rings. The molecule has 0 saturated carbocycles. The van der Waals surface area contributed by atoms with Gasteiger partial charge in [-0.25, -0.2) is 4.39 Å². The van der Waals surface area contributed by atoms with Crippen molar-refractivity contribution in [1.29, 1.82) is 5.26 Å². The van der Waals surface area contributed by atoms with Crippen LogP contribution in [0, 0.1) is 17.1 Å². The Bertz CT molecular complexity index is 469. The van der Waals surface area contributed by atoms with E-state index < -0.39 is 5.82 Å². The Balaban J connectivity index is 2.31. The summed E-state index contributed by atoms with van der Waals surface area (Å²) in [6, 6.07) is 6.53. The van der Waals surface area contributed by atoms with Gasteiger partial charge in [0.1, 0.15) is 11.9 Å². The predicted molar refractivity (Wildman–Crippen MR) is 68.7 cm³/mol. The Hall–Kier alpha value is -1.93. The van der Waals surface area contributed by atoms with E-state index in [9.17, 15) is 9.18 Å². The van der Waals surface area contributed by atoms with Crippen molar-refractivity contribution in [3.8, 4) is 6.07 Å². The van der Waals surface area contributed by atoms with Crippen molar-refractivity contribution in [1.82, 2.24) is 5.32 Å². The van der Waals surface area contributed by atoms with Gasteiger partial charge in [-0.2, -0.15) is 5.26 Å². The zero-order valence-corrected chi connectivity index (χ0v) is 10.9. The van der Waals surface area contributed by atoms with E-state index in [1.807, 2.05) is 0 Å². The fraction of sp³-hybridized carbons (Fsp3) is 0.429. The second kappa shape index (κ2) is 8.22. The van der Waals surface area contributed by atoms with Gasteiger partial charge in [-0.15, -0.1) is 0 Å². The first-order valence-corrected chi connectivity index (χ1v) is 6.22. The monoisotopic (exact) mass is 264 g/mol. The highest BCUT2D eigenvalue weighted by Crippen LogP contribution is 2.11. The summed E-state index contributed by atoms with van der Waals surface area (Å²) in [5.74, 6) is -0.704. The molecule has 0 aromatic heterocycles. The van der Waals surface area contributed by atoms with Gasteiger partial charge in [-0.3, -0.25) is 4.79 Å². The van der Waals surface area contributed by atoms with Gasteiger partial charge >= 0.3 is 5.97 Å². The van der Waals surface area contributed by atoms with Crippen LogP contribution in [0.4, 0.5) is 4.39 Å². The van der Waals surface area contributed by atoms with Crippen molar-refractivity contribution in [2.45, 2.75) is 26.3 Å². The van der Waals surface area contributed by atoms with Gasteiger partial charge in [0, 0.05) is 18.5 Å². The van der Waals surface area contributed by atoms with E-state index >= 15 is 0 Å². The average Bonchev–Trinajstić information content (AvgIpc) is 2.40. The summed E-state index contributed by atoms with van der Waals surface area (Å²) in [6.07, 6.45) is 0.986. The van der Waals surface area contributed by atoms with Crippen molar-refractivity contribution in [2.75, 3.05) is 13.2 Å². The molecule has 5 heteroatoms. The fourth-order valence-electron chi connectivity index (χ4n) is 1.62. The van der Waals surface area contributed by atoms with Crippen LogP contribution in [0.3, 0.4) is 0 Å². The van der Waals surface area contributed by atoms with Crippen LogP contribution in [0.1, 0.15) is 30.9 Å². The number of nitriles is 1.